The topological polar surface area (TPSA) is 155 Å². The molecule has 4 fully saturated rings. The Morgan fingerprint density at radius 1 is 0.982 bits per heavy atom. The minimum absolute atomic E-state index is 0.0227. The van der Waals surface area contributed by atoms with Gasteiger partial charge in [0.05, 0.1) is 17.7 Å². The third-order valence-electron chi connectivity index (χ3n) is 12.3. The number of imide groups is 1. The number of carbonyl (C=O) groups excluding carboxylic acids is 3. The number of hydrogen-bond acceptors (Lipinski definition) is 12. The Morgan fingerprint density at radius 2 is 1.79 bits per heavy atom. The van der Waals surface area contributed by atoms with Crippen LogP contribution in [0.1, 0.15) is 76.7 Å². The Bertz CT molecular complexity index is 1940. The summed E-state index contributed by atoms with van der Waals surface area (Å²) in [5.74, 6) is 0.873. The number of aromatic nitrogens is 1. The van der Waals surface area contributed by atoms with Gasteiger partial charge in [-0.05, 0) is 87.9 Å². The number of aliphatic imine (C=N–C) groups is 2. The van der Waals surface area contributed by atoms with Gasteiger partial charge in [-0.25, -0.2) is 15.0 Å². The molecule has 3 unspecified atom stereocenters. The Balaban J connectivity index is 0.805. The summed E-state index contributed by atoms with van der Waals surface area (Å²) in [6.45, 7) is 10.8. The Morgan fingerprint density at radius 3 is 2.54 bits per heavy atom. The number of pyridine rings is 1. The SMILES string of the molecule is CC1=C2C=NC(Nc3ccc(OCCN4CCCC(N5CCN(c6cccc(C7CCC(=O)NC7=O)c6)CC5)C4)cn3)=NC2N(C2CCCC2)C(=O)/C1=C(\C)O. The van der Waals surface area contributed by atoms with Crippen LogP contribution >= 0.6 is 0 Å². The fourth-order valence-electron chi connectivity index (χ4n) is 9.28. The molecule has 14 nitrogen and oxygen atoms in total. The van der Waals surface area contributed by atoms with E-state index in [4.69, 9.17) is 9.73 Å². The molecule has 3 amide bonds. The van der Waals surface area contributed by atoms with Crippen LogP contribution in [0.3, 0.4) is 0 Å². The van der Waals surface area contributed by atoms with Crippen molar-refractivity contribution in [3.63, 3.8) is 0 Å². The number of rotatable bonds is 9. The van der Waals surface area contributed by atoms with Gasteiger partial charge in [0.25, 0.3) is 5.91 Å². The van der Waals surface area contributed by atoms with Crippen LogP contribution in [-0.2, 0) is 14.4 Å². The predicted molar refractivity (Wildman–Crippen MR) is 215 cm³/mol. The first kappa shape index (κ1) is 37.8. The van der Waals surface area contributed by atoms with E-state index >= 15 is 0 Å². The number of fused-ring (bicyclic) bond motifs is 1. The molecule has 1 saturated carbocycles. The summed E-state index contributed by atoms with van der Waals surface area (Å²) >= 11 is 0. The number of likely N-dealkylation sites (tertiary alicyclic amines) is 1. The second-order valence-corrected chi connectivity index (χ2v) is 15.8. The van der Waals surface area contributed by atoms with E-state index in [-0.39, 0.29) is 35.4 Å². The molecule has 56 heavy (non-hydrogen) atoms. The highest BCUT2D eigenvalue weighted by Crippen LogP contribution is 2.37. The molecule has 3 atom stereocenters. The van der Waals surface area contributed by atoms with Crippen molar-refractivity contribution < 1.29 is 24.2 Å². The number of nitrogens with one attached hydrogen (secondary N) is 2. The molecule has 14 heteroatoms. The largest absolute Gasteiger partial charge is 0.512 e. The minimum Gasteiger partial charge on any atom is -0.512 e. The van der Waals surface area contributed by atoms with Crippen molar-refractivity contribution in [1.29, 1.82) is 0 Å². The lowest BCUT2D eigenvalue weighted by atomic mass is 9.90. The molecule has 1 aromatic carbocycles. The van der Waals surface area contributed by atoms with Gasteiger partial charge >= 0.3 is 0 Å². The fraction of sp³-hybridized carbons (Fsp3) is 0.524. The molecule has 3 N–H and O–H groups in total. The lowest BCUT2D eigenvalue weighted by Crippen LogP contribution is -2.55. The van der Waals surface area contributed by atoms with Crippen LogP contribution in [0.15, 0.2) is 75.1 Å². The van der Waals surface area contributed by atoms with E-state index in [1.807, 2.05) is 36.1 Å². The summed E-state index contributed by atoms with van der Waals surface area (Å²) in [7, 11) is 0. The molecular weight excluding hydrogens is 711 g/mol. The Hall–Kier alpha value is -5.08. The molecule has 0 radical (unpaired) electrons. The van der Waals surface area contributed by atoms with Gasteiger partial charge in [-0.2, -0.15) is 0 Å². The molecule has 2 aromatic rings. The van der Waals surface area contributed by atoms with E-state index in [2.05, 4.69) is 47.4 Å². The summed E-state index contributed by atoms with van der Waals surface area (Å²) in [5, 5.41) is 16.1. The summed E-state index contributed by atoms with van der Waals surface area (Å²) in [6, 6.07) is 12.6. The third-order valence-corrected chi connectivity index (χ3v) is 12.3. The maximum absolute atomic E-state index is 13.6. The number of carbonyl (C=O) groups is 3. The highest BCUT2D eigenvalue weighted by molar-refractivity contribution is 6.09. The summed E-state index contributed by atoms with van der Waals surface area (Å²) in [4.78, 5) is 61.1. The minimum atomic E-state index is -0.494. The van der Waals surface area contributed by atoms with Crippen LogP contribution < -0.4 is 20.3 Å². The van der Waals surface area contributed by atoms with E-state index in [0.717, 1.165) is 94.7 Å². The highest BCUT2D eigenvalue weighted by atomic mass is 16.5. The van der Waals surface area contributed by atoms with Crippen LogP contribution in [-0.4, -0.2) is 125 Å². The number of anilines is 2. The van der Waals surface area contributed by atoms with Gasteiger partial charge in [-0.3, -0.25) is 29.5 Å². The number of amides is 3. The average molecular weight is 764 g/mol. The second-order valence-electron chi connectivity index (χ2n) is 15.8. The molecule has 6 heterocycles. The molecule has 1 aromatic heterocycles. The zero-order chi connectivity index (χ0) is 38.8. The molecule has 0 spiro atoms. The van der Waals surface area contributed by atoms with Gasteiger partial charge in [-0.1, -0.05) is 25.0 Å². The average Bonchev–Trinajstić information content (AvgIpc) is 3.73. The van der Waals surface area contributed by atoms with E-state index in [9.17, 15) is 19.5 Å². The molecule has 0 bridgehead atoms. The fourth-order valence-corrected chi connectivity index (χ4v) is 9.28. The maximum atomic E-state index is 13.6. The van der Waals surface area contributed by atoms with Gasteiger partial charge in [0.2, 0.25) is 17.8 Å². The molecule has 1 aliphatic carbocycles. The Kier molecular flexibility index (Phi) is 11.2. The quantitative estimate of drug-likeness (QED) is 0.191. The van der Waals surface area contributed by atoms with Crippen LogP contribution in [0.25, 0.3) is 0 Å². The normalized spacial score (nSPS) is 26.3. The van der Waals surface area contributed by atoms with Crippen molar-refractivity contribution in [2.24, 2.45) is 9.98 Å². The van der Waals surface area contributed by atoms with Crippen molar-refractivity contribution in [3.05, 3.63) is 70.6 Å². The standard InChI is InChI=1S/C42H53N9O5/c1-27-35-25-44-42(47-39(35)51(30-8-3-4-9-30)41(55)38(27)28(2)52)45-36-14-12-33(24-43-36)56-22-21-48-16-6-11-32(26-48)50-19-17-49(18-20-50)31-10-5-7-29(23-31)34-13-15-37(53)46-40(34)54/h5,7,10,12,14,23-25,30,32,34,39,52H,3-4,6,8-9,11,13,15-22,26H2,1-2H3,(H,43,45,47)(H,46,53,54)/b38-28+. The van der Waals surface area contributed by atoms with Crippen molar-refractivity contribution >= 4 is 41.4 Å². The number of piperidine rings is 2. The number of hydrogen-bond donors (Lipinski definition) is 3. The number of aliphatic hydroxyl groups excluding tert-OH is 1. The molecule has 296 valence electrons. The first-order valence-corrected chi connectivity index (χ1v) is 20.3. The van der Waals surface area contributed by atoms with Crippen molar-refractivity contribution in [3.8, 4) is 5.75 Å². The molecule has 6 aliphatic rings. The van der Waals surface area contributed by atoms with Crippen LogP contribution in [0.4, 0.5) is 11.5 Å². The van der Waals surface area contributed by atoms with E-state index in [0.29, 0.717) is 54.2 Å². The molecule has 3 saturated heterocycles. The number of nitrogens with zero attached hydrogens (tertiary/aromatic N) is 7. The first-order chi connectivity index (χ1) is 27.2. The van der Waals surface area contributed by atoms with E-state index in [1.165, 1.54) is 6.42 Å². The summed E-state index contributed by atoms with van der Waals surface area (Å²) in [6.07, 6.45) is 10.3. The zero-order valence-electron chi connectivity index (χ0n) is 32.5. The van der Waals surface area contributed by atoms with E-state index < -0.39 is 6.17 Å². The molecular formula is C42H53N9O5. The smallest absolute Gasteiger partial charge is 0.259 e. The monoisotopic (exact) mass is 763 g/mol. The van der Waals surface area contributed by atoms with Crippen molar-refractivity contribution in [1.82, 2.24) is 25.0 Å². The second kappa shape index (κ2) is 16.6. The van der Waals surface area contributed by atoms with Crippen molar-refractivity contribution in [2.75, 3.05) is 62.6 Å². The Labute approximate surface area is 328 Å². The maximum Gasteiger partial charge on any atom is 0.259 e. The van der Waals surface area contributed by atoms with E-state index in [1.54, 1.807) is 19.3 Å². The van der Waals surface area contributed by atoms with Crippen molar-refractivity contribution in [2.45, 2.75) is 89.4 Å². The lowest BCUT2D eigenvalue weighted by molar-refractivity contribution is -0.134. The van der Waals surface area contributed by atoms with Crippen LogP contribution in [0, 0.1) is 0 Å². The zero-order valence-corrected chi connectivity index (χ0v) is 32.5. The van der Waals surface area contributed by atoms with Gasteiger partial charge in [0.15, 0.2) is 6.17 Å². The number of guanidine groups is 1. The summed E-state index contributed by atoms with van der Waals surface area (Å²) < 4.78 is 6.13. The molecule has 8 rings (SSSR count). The first-order valence-electron chi connectivity index (χ1n) is 20.3. The number of ether oxygens (including phenoxy) is 1. The summed E-state index contributed by atoms with van der Waals surface area (Å²) in [5.41, 5.74) is 4.02. The molecule has 5 aliphatic heterocycles. The third kappa shape index (κ3) is 8.08. The van der Waals surface area contributed by atoms with Crippen LogP contribution in [0.2, 0.25) is 0 Å². The number of benzene rings is 1. The van der Waals surface area contributed by atoms with Gasteiger partial charge < -0.3 is 25.0 Å². The highest BCUT2D eigenvalue weighted by Gasteiger charge is 2.42. The van der Waals surface area contributed by atoms with Gasteiger partial charge in [0, 0.05) is 75.2 Å². The predicted octanol–water partition coefficient (Wildman–Crippen LogP) is 4.38. The number of piperazine rings is 1. The lowest BCUT2D eigenvalue weighted by Gasteiger charge is -2.44. The van der Waals surface area contributed by atoms with Gasteiger partial charge in [-0.15, -0.1) is 0 Å². The van der Waals surface area contributed by atoms with Crippen LogP contribution in [0.5, 0.6) is 5.75 Å². The number of allylic oxidation sites excluding steroid dienone is 1. The van der Waals surface area contributed by atoms with Gasteiger partial charge in [0.1, 0.15) is 23.9 Å². The number of aliphatic hydroxyl groups is 1.